The normalized spacial score (nSPS) is 12.0. The van der Waals surface area contributed by atoms with E-state index in [-0.39, 0.29) is 12.5 Å². The van der Waals surface area contributed by atoms with Crippen LogP contribution in [0.3, 0.4) is 0 Å². The summed E-state index contributed by atoms with van der Waals surface area (Å²) in [5, 5.41) is 5.62. The number of hydrogen-bond acceptors (Lipinski definition) is 5. The van der Waals surface area contributed by atoms with E-state index in [0.29, 0.717) is 27.7 Å². The van der Waals surface area contributed by atoms with Gasteiger partial charge < -0.3 is 9.30 Å². The number of benzene rings is 2. The van der Waals surface area contributed by atoms with Gasteiger partial charge in [0.2, 0.25) is 0 Å². The third kappa shape index (κ3) is 3.89. The lowest BCUT2D eigenvalue weighted by atomic mass is 10.1. The van der Waals surface area contributed by atoms with Crippen molar-refractivity contribution in [1.82, 2.24) is 14.6 Å². The molecule has 0 aliphatic heterocycles. The molecule has 0 aliphatic rings. The fraction of sp³-hybridized carbons (Fsp3) is 0.208. The number of amides is 1. The van der Waals surface area contributed by atoms with E-state index < -0.39 is 6.17 Å². The molecule has 164 valence electrons. The first kappa shape index (κ1) is 21.7. The van der Waals surface area contributed by atoms with Crippen LogP contribution in [0.15, 0.2) is 59.7 Å². The standard InChI is InChI=1S/C24H23FN4O2S/c1-15-20(24(30)29(26-2)14-16-9-8-12-18(13-16)31-4)28(3)22-21(15)32-23(27-22)19(25)17-10-6-5-7-11-17/h5-13,19H,2,14H2,1,3-4H3. The van der Waals surface area contributed by atoms with Gasteiger partial charge in [0.15, 0.2) is 11.8 Å². The van der Waals surface area contributed by atoms with Crippen LogP contribution in [0.4, 0.5) is 4.39 Å². The molecule has 0 radical (unpaired) electrons. The number of carbonyl (C=O) groups excluding carboxylic acids is 1. The van der Waals surface area contributed by atoms with E-state index in [4.69, 9.17) is 4.74 Å². The first-order valence-corrected chi connectivity index (χ1v) is 10.8. The van der Waals surface area contributed by atoms with Gasteiger partial charge in [-0.1, -0.05) is 42.5 Å². The molecular formula is C24H23FN4O2S. The molecule has 2 heterocycles. The molecule has 1 amide bonds. The van der Waals surface area contributed by atoms with Gasteiger partial charge in [-0.25, -0.2) is 14.4 Å². The summed E-state index contributed by atoms with van der Waals surface area (Å²) >= 11 is 1.27. The van der Waals surface area contributed by atoms with Crippen LogP contribution >= 0.6 is 11.3 Å². The highest BCUT2D eigenvalue weighted by atomic mass is 32.1. The SMILES string of the molecule is C=NN(Cc1cccc(OC)c1)C(=O)c1c(C)c2sc(C(F)c3ccccc3)nc2n1C. The summed E-state index contributed by atoms with van der Waals surface area (Å²) in [5.74, 6) is 0.403. The number of ether oxygens (including phenoxy) is 1. The molecule has 4 aromatic rings. The Bertz CT molecular complexity index is 1240. The van der Waals surface area contributed by atoms with Gasteiger partial charge in [0.05, 0.1) is 18.4 Å². The molecule has 6 nitrogen and oxygen atoms in total. The number of thiazole rings is 1. The van der Waals surface area contributed by atoms with Gasteiger partial charge in [-0.3, -0.25) is 4.79 Å². The molecular weight excluding hydrogens is 427 g/mol. The van der Waals surface area contributed by atoms with Gasteiger partial charge in [-0.2, -0.15) is 5.10 Å². The average molecular weight is 451 g/mol. The van der Waals surface area contributed by atoms with Gasteiger partial charge in [-0.05, 0) is 35.7 Å². The zero-order chi connectivity index (χ0) is 22.8. The molecule has 1 atom stereocenters. The van der Waals surface area contributed by atoms with Gasteiger partial charge in [0.1, 0.15) is 16.5 Å². The van der Waals surface area contributed by atoms with Crippen LogP contribution in [0, 0.1) is 6.92 Å². The smallest absolute Gasteiger partial charge is 0.291 e. The molecule has 0 saturated carbocycles. The Morgan fingerprint density at radius 1 is 1.28 bits per heavy atom. The highest BCUT2D eigenvalue weighted by molar-refractivity contribution is 7.18. The zero-order valence-corrected chi connectivity index (χ0v) is 18.9. The van der Waals surface area contributed by atoms with Crippen molar-refractivity contribution < 1.29 is 13.9 Å². The second-order valence-electron chi connectivity index (χ2n) is 7.37. The average Bonchev–Trinajstić information content (AvgIpc) is 3.36. The number of alkyl halides is 1. The van der Waals surface area contributed by atoms with E-state index in [9.17, 15) is 4.79 Å². The van der Waals surface area contributed by atoms with E-state index in [1.807, 2.05) is 37.3 Å². The van der Waals surface area contributed by atoms with Crippen LogP contribution in [0.25, 0.3) is 10.3 Å². The molecule has 8 heteroatoms. The molecule has 0 bridgehead atoms. The molecule has 1 unspecified atom stereocenters. The van der Waals surface area contributed by atoms with Crippen molar-refractivity contribution in [3.05, 3.63) is 82.0 Å². The van der Waals surface area contributed by atoms with E-state index in [1.54, 1.807) is 43.0 Å². The van der Waals surface area contributed by atoms with Crippen LogP contribution in [0.1, 0.15) is 38.4 Å². The third-order valence-electron chi connectivity index (χ3n) is 5.36. The fourth-order valence-electron chi connectivity index (χ4n) is 3.69. The van der Waals surface area contributed by atoms with Crippen molar-refractivity contribution in [2.75, 3.05) is 7.11 Å². The summed E-state index contributed by atoms with van der Waals surface area (Å²) < 4.78 is 22.8. The van der Waals surface area contributed by atoms with Crippen molar-refractivity contribution in [3.8, 4) is 5.75 Å². The van der Waals surface area contributed by atoms with Crippen LogP contribution < -0.4 is 4.74 Å². The maximum absolute atomic E-state index is 15.0. The van der Waals surface area contributed by atoms with Crippen LogP contribution in [-0.2, 0) is 13.6 Å². The van der Waals surface area contributed by atoms with Crippen molar-refractivity contribution >= 4 is 34.3 Å². The summed E-state index contributed by atoms with van der Waals surface area (Å²) in [6.07, 6.45) is -1.31. The monoisotopic (exact) mass is 450 g/mol. The molecule has 0 saturated heterocycles. The number of aryl methyl sites for hydroxylation is 2. The molecule has 4 rings (SSSR count). The van der Waals surface area contributed by atoms with Crippen LogP contribution in [-0.4, -0.2) is 34.3 Å². The largest absolute Gasteiger partial charge is 0.497 e. The first-order chi connectivity index (χ1) is 15.4. The topological polar surface area (TPSA) is 59.7 Å². The molecule has 0 spiro atoms. The number of hydrogen-bond donors (Lipinski definition) is 0. The van der Waals surface area contributed by atoms with Crippen molar-refractivity contribution in [1.29, 1.82) is 0 Å². The number of carbonyl (C=O) groups is 1. The Balaban J connectivity index is 1.65. The first-order valence-electron chi connectivity index (χ1n) is 10.0. The fourth-order valence-corrected chi connectivity index (χ4v) is 4.80. The highest BCUT2D eigenvalue weighted by Gasteiger charge is 2.27. The zero-order valence-electron chi connectivity index (χ0n) is 18.1. The lowest BCUT2D eigenvalue weighted by Gasteiger charge is -2.18. The van der Waals surface area contributed by atoms with E-state index in [2.05, 4.69) is 16.8 Å². The second-order valence-corrected chi connectivity index (χ2v) is 8.40. The minimum Gasteiger partial charge on any atom is -0.497 e. The van der Waals surface area contributed by atoms with E-state index in [0.717, 1.165) is 15.8 Å². The molecule has 0 aliphatic carbocycles. The number of fused-ring (bicyclic) bond motifs is 1. The predicted molar refractivity (Wildman–Crippen MR) is 125 cm³/mol. The van der Waals surface area contributed by atoms with E-state index >= 15 is 4.39 Å². The number of aromatic nitrogens is 2. The summed E-state index contributed by atoms with van der Waals surface area (Å²) in [6.45, 7) is 5.66. The lowest BCUT2D eigenvalue weighted by molar-refractivity contribution is 0.0740. The maximum atomic E-state index is 15.0. The molecule has 2 aromatic heterocycles. The molecule has 0 N–H and O–H groups in total. The summed E-state index contributed by atoms with van der Waals surface area (Å²) in [5.41, 5.74) is 3.20. The van der Waals surface area contributed by atoms with Crippen molar-refractivity contribution in [3.63, 3.8) is 0 Å². The van der Waals surface area contributed by atoms with Gasteiger partial charge in [-0.15, -0.1) is 11.3 Å². The number of nitrogens with zero attached hydrogens (tertiary/aromatic N) is 4. The minimum atomic E-state index is -1.31. The molecule has 32 heavy (non-hydrogen) atoms. The lowest BCUT2D eigenvalue weighted by Crippen LogP contribution is -2.27. The van der Waals surface area contributed by atoms with Gasteiger partial charge >= 0.3 is 0 Å². The highest BCUT2D eigenvalue weighted by Crippen LogP contribution is 2.36. The summed E-state index contributed by atoms with van der Waals surface area (Å²) in [4.78, 5) is 17.8. The number of hydrazone groups is 1. The van der Waals surface area contributed by atoms with Crippen molar-refractivity contribution in [2.24, 2.45) is 12.1 Å². The Morgan fingerprint density at radius 2 is 2.03 bits per heavy atom. The Morgan fingerprint density at radius 3 is 2.69 bits per heavy atom. The summed E-state index contributed by atoms with van der Waals surface area (Å²) in [7, 11) is 3.35. The van der Waals surface area contributed by atoms with Crippen molar-refractivity contribution in [2.45, 2.75) is 19.6 Å². The van der Waals surface area contributed by atoms with Gasteiger partial charge in [0, 0.05) is 13.8 Å². The van der Waals surface area contributed by atoms with Crippen LogP contribution in [0.2, 0.25) is 0 Å². The Hall–Kier alpha value is -3.52. The van der Waals surface area contributed by atoms with Gasteiger partial charge in [0.25, 0.3) is 5.91 Å². The molecule has 0 fully saturated rings. The quantitative estimate of drug-likeness (QED) is 0.285. The Kier molecular flexibility index (Phi) is 6.05. The third-order valence-corrected chi connectivity index (χ3v) is 6.56. The minimum absolute atomic E-state index is 0.247. The van der Waals surface area contributed by atoms with E-state index in [1.165, 1.54) is 16.3 Å². The summed E-state index contributed by atoms with van der Waals surface area (Å²) in [6, 6.07) is 16.4. The Labute approximate surface area is 189 Å². The molecule has 2 aromatic carbocycles. The van der Waals surface area contributed by atoms with Crippen LogP contribution in [0.5, 0.6) is 5.75 Å². The second kappa shape index (κ2) is 8.92. The number of methoxy groups -OCH3 is 1. The number of rotatable bonds is 7. The number of halogens is 1. The predicted octanol–water partition coefficient (Wildman–Crippen LogP) is 5.27. The maximum Gasteiger partial charge on any atom is 0.291 e.